The number of halogens is 1. The van der Waals surface area contributed by atoms with Gasteiger partial charge in [-0.15, -0.1) is 10.2 Å². The van der Waals surface area contributed by atoms with Crippen molar-refractivity contribution in [2.45, 2.75) is 5.16 Å². The highest BCUT2D eigenvalue weighted by atomic mass is 32.2. The number of ether oxygens (including phenoxy) is 3. The molecule has 1 heterocycles. The Balaban J connectivity index is 1.59. The van der Waals surface area contributed by atoms with Crippen LogP contribution in [0, 0.1) is 5.82 Å². The number of nitrogens with zero attached hydrogens (tertiary/aromatic N) is 3. The van der Waals surface area contributed by atoms with Crippen molar-refractivity contribution >= 4 is 23.4 Å². The second-order valence-corrected chi connectivity index (χ2v) is 8.17. The monoisotopic (exact) mass is 494 g/mol. The predicted molar refractivity (Wildman–Crippen MR) is 132 cm³/mol. The molecule has 0 fully saturated rings. The summed E-state index contributed by atoms with van der Waals surface area (Å²) >= 11 is 1.19. The number of carbonyl (C=O) groups excluding carboxylic acids is 1. The highest BCUT2D eigenvalue weighted by molar-refractivity contribution is 7.99. The van der Waals surface area contributed by atoms with Gasteiger partial charge >= 0.3 is 0 Å². The fourth-order valence-electron chi connectivity index (χ4n) is 3.39. The fourth-order valence-corrected chi connectivity index (χ4v) is 4.14. The summed E-state index contributed by atoms with van der Waals surface area (Å²) in [7, 11) is 4.65. The third kappa shape index (κ3) is 5.38. The quantitative estimate of drug-likeness (QED) is 0.334. The van der Waals surface area contributed by atoms with Gasteiger partial charge in [-0.1, -0.05) is 23.9 Å². The summed E-state index contributed by atoms with van der Waals surface area (Å²) in [4.78, 5) is 12.7. The molecule has 4 aromatic rings. The van der Waals surface area contributed by atoms with Crippen LogP contribution in [0.5, 0.6) is 17.2 Å². The minimum atomic E-state index is -0.419. The Morgan fingerprint density at radius 3 is 2.37 bits per heavy atom. The summed E-state index contributed by atoms with van der Waals surface area (Å²) < 4.78 is 32.0. The van der Waals surface area contributed by atoms with E-state index in [1.807, 2.05) is 12.1 Å². The molecule has 4 rings (SSSR count). The highest BCUT2D eigenvalue weighted by Crippen LogP contribution is 2.31. The molecular formula is C25H23FN4O4S. The first-order valence-corrected chi connectivity index (χ1v) is 11.5. The van der Waals surface area contributed by atoms with Crippen molar-refractivity contribution in [3.8, 4) is 34.3 Å². The number of aromatic nitrogens is 3. The Labute approximate surface area is 206 Å². The minimum absolute atomic E-state index is 0.0555. The van der Waals surface area contributed by atoms with Crippen LogP contribution in [0.25, 0.3) is 17.1 Å². The Bertz CT molecular complexity index is 1330. The van der Waals surface area contributed by atoms with Crippen molar-refractivity contribution in [2.75, 3.05) is 32.4 Å². The number of hydrogen-bond acceptors (Lipinski definition) is 7. The maximum Gasteiger partial charge on any atom is 0.234 e. The number of rotatable bonds is 9. The van der Waals surface area contributed by atoms with Crippen LogP contribution in [0.2, 0.25) is 0 Å². The molecule has 10 heteroatoms. The van der Waals surface area contributed by atoms with Gasteiger partial charge < -0.3 is 19.5 Å². The molecule has 0 aliphatic carbocycles. The molecule has 8 nitrogen and oxygen atoms in total. The van der Waals surface area contributed by atoms with E-state index in [2.05, 4.69) is 15.5 Å². The number of thioether (sulfide) groups is 1. The zero-order chi connectivity index (χ0) is 24.8. The molecule has 0 bridgehead atoms. The number of nitrogens with one attached hydrogen (secondary N) is 1. The van der Waals surface area contributed by atoms with Crippen molar-refractivity contribution in [3.63, 3.8) is 0 Å². The maximum absolute atomic E-state index is 14.6. The van der Waals surface area contributed by atoms with Crippen LogP contribution < -0.4 is 19.5 Å². The van der Waals surface area contributed by atoms with Gasteiger partial charge in [-0.25, -0.2) is 4.39 Å². The van der Waals surface area contributed by atoms with Gasteiger partial charge in [0.05, 0.1) is 38.3 Å². The maximum atomic E-state index is 14.6. The summed E-state index contributed by atoms with van der Waals surface area (Å²) in [5, 5.41) is 11.7. The Morgan fingerprint density at radius 1 is 0.943 bits per heavy atom. The molecule has 0 unspecified atom stereocenters. The first-order valence-electron chi connectivity index (χ1n) is 10.5. The minimum Gasteiger partial charge on any atom is -0.497 e. The van der Waals surface area contributed by atoms with Crippen molar-refractivity contribution in [3.05, 3.63) is 72.5 Å². The first-order chi connectivity index (χ1) is 17.0. The summed E-state index contributed by atoms with van der Waals surface area (Å²) in [6.07, 6.45) is 0. The molecular weight excluding hydrogens is 471 g/mol. The van der Waals surface area contributed by atoms with Gasteiger partial charge in [-0.2, -0.15) is 0 Å². The lowest BCUT2D eigenvalue weighted by Crippen LogP contribution is -2.14. The van der Waals surface area contributed by atoms with E-state index in [1.165, 1.54) is 24.9 Å². The standard InChI is InChI=1S/C25H23FN4O4S/c1-32-18-11-9-17(10-12-18)30-24(19-6-4-5-7-20(19)26)28-29-25(30)35-15-23(31)27-16-8-13-21(33-2)22(14-16)34-3/h4-14H,15H2,1-3H3,(H,27,31). The number of hydrogen-bond donors (Lipinski definition) is 1. The summed E-state index contributed by atoms with van der Waals surface area (Å²) in [6, 6.07) is 18.7. The van der Waals surface area contributed by atoms with E-state index < -0.39 is 5.82 Å². The zero-order valence-electron chi connectivity index (χ0n) is 19.3. The van der Waals surface area contributed by atoms with Gasteiger partial charge in [0, 0.05) is 11.8 Å². The van der Waals surface area contributed by atoms with E-state index in [4.69, 9.17) is 14.2 Å². The van der Waals surface area contributed by atoms with Crippen LogP contribution in [-0.4, -0.2) is 47.8 Å². The van der Waals surface area contributed by atoms with Gasteiger partial charge in [0.25, 0.3) is 0 Å². The van der Waals surface area contributed by atoms with Gasteiger partial charge in [0.2, 0.25) is 5.91 Å². The number of carbonyl (C=O) groups is 1. The molecule has 0 spiro atoms. The third-order valence-corrected chi connectivity index (χ3v) is 6.01. The van der Waals surface area contributed by atoms with E-state index >= 15 is 0 Å². The highest BCUT2D eigenvalue weighted by Gasteiger charge is 2.20. The summed E-state index contributed by atoms with van der Waals surface area (Å²) in [5.74, 6) is 1.46. The van der Waals surface area contributed by atoms with Crippen molar-refractivity contribution < 1.29 is 23.4 Å². The Kier molecular flexibility index (Phi) is 7.51. The lowest BCUT2D eigenvalue weighted by molar-refractivity contribution is -0.113. The lowest BCUT2D eigenvalue weighted by atomic mass is 10.2. The van der Waals surface area contributed by atoms with E-state index in [0.29, 0.717) is 45.2 Å². The van der Waals surface area contributed by atoms with E-state index in [0.717, 1.165) is 0 Å². The van der Waals surface area contributed by atoms with Crippen LogP contribution >= 0.6 is 11.8 Å². The molecule has 0 saturated heterocycles. The second-order valence-electron chi connectivity index (χ2n) is 7.23. The molecule has 1 N–H and O–H groups in total. The molecule has 1 aromatic heterocycles. The van der Waals surface area contributed by atoms with Gasteiger partial charge in [0.1, 0.15) is 11.6 Å². The Hall–Kier alpha value is -4.05. The summed E-state index contributed by atoms with van der Waals surface area (Å²) in [6.45, 7) is 0. The molecule has 0 atom stereocenters. The van der Waals surface area contributed by atoms with Crippen LogP contribution in [0.3, 0.4) is 0 Å². The first kappa shape index (κ1) is 24.1. The number of anilines is 1. The smallest absolute Gasteiger partial charge is 0.234 e. The second kappa shape index (κ2) is 10.9. The van der Waals surface area contributed by atoms with Crippen molar-refractivity contribution in [1.29, 1.82) is 0 Å². The zero-order valence-corrected chi connectivity index (χ0v) is 20.1. The Morgan fingerprint density at radius 2 is 1.69 bits per heavy atom. The van der Waals surface area contributed by atoms with E-state index in [1.54, 1.807) is 67.3 Å². The fraction of sp³-hybridized carbons (Fsp3) is 0.160. The van der Waals surface area contributed by atoms with Crippen LogP contribution in [-0.2, 0) is 4.79 Å². The third-order valence-electron chi connectivity index (χ3n) is 5.08. The van der Waals surface area contributed by atoms with Crippen LogP contribution in [0.15, 0.2) is 71.9 Å². The van der Waals surface area contributed by atoms with Gasteiger partial charge in [-0.05, 0) is 48.5 Å². The van der Waals surface area contributed by atoms with Gasteiger partial charge in [-0.3, -0.25) is 9.36 Å². The summed E-state index contributed by atoms with van der Waals surface area (Å²) in [5.41, 5.74) is 1.58. The molecule has 180 valence electrons. The molecule has 0 aliphatic rings. The number of amides is 1. The van der Waals surface area contributed by atoms with Crippen LogP contribution in [0.1, 0.15) is 0 Å². The van der Waals surface area contributed by atoms with Gasteiger partial charge in [0.15, 0.2) is 22.5 Å². The molecule has 0 radical (unpaired) electrons. The number of benzene rings is 3. The molecule has 35 heavy (non-hydrogen) atoms. The lowest BCUT2D eigenvalue weighted by Gasteiger charge is -2.12. The average molecular weight is 495 g/mol. The van der Waals surface area contributed by atoms with Crippen molar-refractivity contribution in [1.82, 2.24) is 14.8 Å². The molecule has 0 saturated carbocycles. The SMILES string of the molecule is COc1ccc(-n2c(SCC(=O)Nc3ccc(OC)c(OC)c3)nnc2-c2ccccc2F)cc1. The predicted octanol–water partition coefficient (Wildman–Crippen LogP) is 4.83. The van der Waals surface area contributed by atoms with Crippen molar-refractivity contribution in [2.24, 2.45) is 0 Å². The molecule has 1 amide bonds. The largest absolute Gasteiger partial charge is 0.497 e. The normalized spacial score (nSPS) is 10.6. The molecule has 0 aliphatic heterocycles. The topological polar surface area (TPSA) is 87.5 Å². The van der Waals surface area contributed by atoms with Crippen LogP contribution in [0.4, 0.5) is 10.1 Å². The molecule has 3 aromatic carbocycles. The number of methoxy groups -OCH3 is 3. The average Bonchev–Trinajstić information content (AvgIpc) is 3.31. The van der Waals surface area contributed by atoms with E-state index in [-0.39, 0.29) is 11.7 Å². The van der Waals surface area contributed by atoms with E-state index in [9.17, 15) is 9.18 Å².